The fraction of sp³-hybridized carbons (Fsp3) is 0.381. The molecule has 0 aliphatic heterocycles. The molecule has 1 heterocycles. The molecule has 0 fully saturated rings. The first kappa shape index (κ1) is 23.2. The zero-order valence-electron chi connectivity index (χ0n) is 17.4. The third kappa shape index (κ3) is 4.90. The van der Waals surface area contributed by atoms with Crippen molar-refractivity contribution in [2.75, 3.05) is 5.32 Å². The van der Waals surface area contributed by atoms with Crippen LogP contribution in [-0.2, 0) is 13.2 Å². The number of pyridine rings is 1. The number of hydrogen-bond acceptors (Lipinski definition) is 3. The van der Waals surface area contributed by atoms with Gasteiger partial charge in [-0.1, -0.05) is 12.1 Å². The Morgan fingerprint density at radius 1 is 1.07 bits per heavy atom. The van der Waals surface area contributed by atoms with E-state index in [0.717, 1.165) is 16.7 Å². The number of carbonyl (C=O) groups excluding carboxylic acids is 2. The number of aryl methyl sites for hydroxylation is 1. The maximum Gasteiger partial charge on any atom is 0.417 e. The Kier molecular flexibility index (Phi) is 6.74. The molecule has 0 aliphatic carbocycles. The van der Waals surface area contributed by atoms with Crippen LogP contribution in [0.1, 0.15) is 54.0 Å². The number of carbonyl (C=O) groups is 2. The molecule has 1 N–H and O–H groups in total. The summed E-state index contributed by atoms with van der Waals surface area (Å²) < 4.78 is 40.7. The van der Waals surface area contributed by atoms with Gasteiger partial charge in [-0.2, -0.15) is 13.2 Å². The Labute approximate surface area is 172 Å². The number of rotatable bonds is 5. The minimum absolute atomic E-state index is 0.119. The predicted octanol–water partition coefficient (Wildman–Crippen LogP) is 3.92. The second-order valence-electron chi connectivity index (χ2n) is 7.46. The second kappa shape index (κ2) is 8.73. The first-order chi connectivity index (χ1) is 13.8. The molecule has 30 heavy (non-hydrogen) atoms. The topological polar surface area (TPSA) is 71.4 Å². The average Bonchev–Trinajstić information content (AvgIpc) is 2.63. The van der Waals surface area contributed by atoms with Crippen LogP contribution in [0.25, 0.3) is 0 Å². The highest BCUT2D eigenvalue weighted by Crippen LogP contribution is 2.32. The van der Waals surface area contributed by atoms with Crippen LogP contribution in [0.4, 0.5) is 18.9 Å². The normalized spacial score (nSPS) is 11.7. The first-order valence-electron chi connectivity index (χ1n) is 9.35. The molecule has 2 aromatic rings. The van der Waals surface area contributed by atoms with Gasteiger partial charge in [-0.3, -0.25) is 14.4 Å². The molecule has 162 valence electrons. The van der Waals surface area contributed by atoms with Crippen molar-refractivity contribution in [2.45, 2.75) is 46.0 Å². The zero-order valence-corrected chi connectivity index (χ0v) is 17.4. The molecule has 0 aliphatic rings. The van der Waals surface area contributed by atoms with Gasteiger partial charge in [0.05, 0.1) is 16.7 Å². The largest absolute Gasteiger partial charge is 0.417 e. The minimum Gasteiger partial charge on any atom is -0.334 e. The van der Waals surface area contributed by atoms with Gasteiger partial charge in [-0.05, 0) is 45.9 Å². The van der Waals surface area contributed by atoms with E-state index in [2.05, 4.69) is 5.32 Å². The standard InChI is InChI=1S/C21H24F3N3O3/c1-12(2)27(13(3)4)19(29)14-10-17(20(30)26(5)11-14)25-18(28)15-8-6-7-9-16(15)21(22,23)24/h6-13H,1-5H3,(H,25,28). The molecule has 0 saturated heterocycles. The van der Waals surface area contributed by atoms with Gasteiger partial charge in [-0.15, -0.1) is 0 Å². The lowest BCUT2D eigenvalue weighted by molar-refractivity contribution is -0.137. The van der Waals surface area contributed by atoms with E-state index in [1.165, 1.54) is 31.4 Å². The Hall–Kier alpha value is -3.10. The van der Waals surface area contributed by atoms with E-state index in [4.69, 9.17) is 0 Å². The van der Waals surface area contributed by atoms with Gasteiger partial charge in [0.25, 0.3) is 17.4 Å². The molecule has 0 atom stereocenters. The summed E-state index contributed by atoms with van der Waals surface area (Å²) in [7, 11) is 1.40. The maximum atomic E-state index is 13.2. The van der Waals surface area contributed by atoms with E-state index in [1.54, 1.807) is 4.90 Å². The van der Waals surface area contributed by atoms with E-state index in [-0.39, 0.29) is 29.2 Å². The van der Waals surface area contributed by atoms with Crippen LogP contribution < -0.4 is 10.9 Å². The summed E-state index contributed by atoms with van der Waals surface area (Å²) in [5.41, 5.74) is -2.52. The molecule has 0 bridgehead atoms. The van der Waals surface area contributed by atoms with Gasteiger partial charge in [0.15, 0.2) is 0 Å². The summed E-state index contributed by atoms with van der Waals surface area (Å²) in [5.74, 6) is -1.45. The lowest BCUT2D eigenvalue weighted by Gasteiger charge is -2.31. The summed E-state index contributed by atoms with van der Waals surface area (Å²) in [4.78, 5) is 39.5. The van der Waals surface area contributed by atoms with Crippen molar-refractivity contribution >= 4 is 17.5 Å². The van der Waals surface area contributed by atoms with E-state index in [9.17, 15) is 27.6 Å². The molecule has 1 aromatic heterocycles. The van der Waals surface area contributed by atoms with Gasteiger partial charge in [0.1, 0.15) is 5.69 Å². The number of anilines is 1. The van der Waals surface area contributed by atoms with Crippen molar-refractivity contribution in [1.82, 2.24) is 9.47 Å². The summed E-state index contributed by atoms with van der Waals surface area (Å²) in [5, 5.41) is 2.23. The van der Waals surface area contributed by atoms with Crippen molar-refractivity contribution in [2.24, 2.45) is 7.05 Å². The van der Waals surface area contributed by atoms with Crippen LogP contribution in [-0.4, -0.2) is 33.4 Å². The highest BCUT2D eigenvalue weighted by molar-refractivity contribution is 6.06. The van der Waals surface area contributed by atoms with E-state index in [0.29, 0.717) is 0 Å². The average molecular weight is 423 g/mol. The molecule has 2 amide bonds. The number of amides is 2. The fourth-order valence-corrected chi connectivity index (χ4v) is 3.25. The third-order valence-electron chi connectivity index (χ3n) is 4.50. The van der Waals surface area contributed by atoms with Crippen LogP contribution in [0.2, 0.25) is 0 Å². The maximum absolute atomic E-state index is 13.2. The van der Waals surface area contributed by atoms with Crippen molar-refractivity contribution in [3.63, 3.8) is 0 Å². The Morgan fingerprint density at radius 3 is 2.17 bits per heavy atom. The SMILES string of the molecule is CC(C)N(C(=O)c1cc(NC(=O)c2ccccc2C(F)(F)F)c(=O)n(C)c1)C(C)C. The van der Waals surface area contributed by atoms with Gasteiger partial charge >= 0.3 is 6.18 Å². The number of aromatic nitrogens is 1. The molecule has 9 heteroatoms. The van der Waals surface area contributed by atoms with Crippen LogP contribution in [0, 0.1) is 0 Å². The second-order valence-corrected chi connectivity index (χ2v) is 7.46. The third-order valence-corrected chi connectivity index (χ3v) is 4.50. The number of halogens is 3. The number of hydrogen-bond donors (Lipinski definition) is 1. The van der Waals surface area contributed by atoms with Gasteiger partial charge in [0.2, 0.25) is 0 Å². The Morgan fingerprint density at radius 2 is 1.63 bits per heavy atom. The van der Waals surface area contributed by atoms with Gasteiger partial charge in [-0.25, -0.2) is 0 Å². The Balaban J connectivity index is 2.46. The van der Waals surface area contributed by atoms with Crippen molar-refractivity contribution < 1.29 is 22.8 Å². The molecule has 0 spiro atoms. The number of benzene rings is 1. The quantitative estimate of drug-likeness (QED) is 0.793. The highest BCUT2D eigenvalue weighted by atomic mass is 19.4. The molecule has 1 aromatic carbocycles. The van der Waals surface area contributed by atoms with Crippen molar-refractivity contribution in [1.29, 1.82) is 0 Å². The minimum atomic E-state index is -4.73. The summed E-state index contributed by atoms with van der Waals surface area (Å²) in [6.45, 7) is 7.38. The van der Waals surface area contributed by atoms with Crippen molar-refractivity contribution in [3.8, 4) is 0 Å². The zero-order chi connectivity index (χ0) is 22.8. The van der Waals surface area contributed by atoms with Crippen LogP contribution in [0.15, 0.2) is 41.3 Å². The molecule has 0 saturated carbocycles. The van der Waals surface area contributed by atoms with E-state index < -0.39 is 28.8 Å². The highest BCUT2D eigenvalue weighted by Gasteiger charge is 2.35. The molecule has 2 rings (SSSR count). The lowest BCUT2D eigenvalue weighted by atomic mass is 10.1. The van der Waals surface area contributed by atoms with E-state index >= 15 is 0 Å². The van der Waals surface area contributed by atoms with Gasteiger partial charge < -0.3 is 14.8 Å². The number of nitrogens with zero attached hydrogens (tertiary/aromatic N) is 2. The fourth-order valence-electron chi connectivity index (χ4n) is 3.25. The Bertz CT molecular complexity index is 1000. The van der Waals surface area contributed by atoms with Crippen LogP contribution >= 0.6 is 0 Å². The monoisotopic (exact) mass is 423 g/mol. The predicted molar refractivity (Wildman–Crippen MR) is 108 cm³/mol. The molecule has 6 nitrogen and oxygen atoms in total. The van der Waals surface area contributed by atoms with Crippen LogP contribution in [0.3, 0.4) is 0 Å². The van der Waals surface area contributed by atoms with E-state index in [1.807, 2.05) is 27.7 Å². The molecule has 0 radical (unpaired) electrons. The van der Waals surface area contributed by atoms with Crippen molar-refractivity contribution in [3.05, 3.63) is 63.6 Å². The smallest absolute Gasteiger partial charge is 0.334 e. The lowest BCUT2D eigenvalue weighted by Crippen LogP contribution is -2.42. The first-order valence-corrected chi connectivity index (χ1v) is 9.35. The summed E-state index contributed by atoms with van der Waals surface area (Å²) in [6, 6.07) is 5.23. The van der Waals surface area contributed by atoms with Gasteiger partial charge in [0, 0.05) is 25.3 Å². The summed E-state index contributed by atoms with van der Waals surface area (Å²) in [6.07, 6.45) is -3.40. The molecular weight excluding hydrogens is 399 g/mol. The number of nitrogens with one attached hydrogen (secondary N) is 1. The summed E-state index contributed by atoms with van der Waals surface area (Å²) >= 11 is 0. The molecular formula is C21H24F3N3O3. The molecule has 0 unspecified atom stereocenters. The van der Waals surface area contributed by atoms with Crippen LogP contribution in [0.5, 0.6) is 0 Å². The number of alkyl halides is 3.